The number of ether oxygens (including phenoxy) is 1. The van der Waals surface area contributed by atoms with Gasteiger partial charge in [-0.1, -0.05) is 23.2 Å². The number of fused-ring (bicyclic) bond motifs is 1. The monoisotopic (exact) mass is 347 g/mol. The van der Waals surface area contributed by atoms with Gasteiger partial charge in [-0.2, -0.15) is 0 Å². The van der Waals surface area contributed by atoms with Crippen LogP contribution < -0.4 is 4.74 Å². The van der Waals surface area contributed by atoms with Crippen LogP contribution in [0.4, 0.5) is 0 Å². The van der Waals surface area contributed by atoms with Gasteiger partial charge in [0.05, 0.1) is 34.4 Å². The number of hydrogen-bond donors (Lipinski definition) is 0. The SMILES string of the molecule is COc1cncc(-c2nc3cc(Cl)c(Cl)cc3n2C2CC2)c1C. The maximum atomic E-state index is 6.21. The first-order valence-electron chi connectivity index (χ1n) is 7.46. The van der Waals surface area contributed by atoms with Crippen LogP contribution in [-0.4, -0.2) is 21.6 Å². The number of aromatic nitrogens is 3. The van der Waals surface area contributed by atoms with Crippen molar-refractivity contribution in [2.45, 2.75) is 25.8 Å². The summed E-state index contributed by atoms with van der Waals surface area (Å²) in [4.78, 5) is 9.10. The highest BCUT2D eigenvalue weighted by molar-refractivity contribution is 6.42. The third-order valence-corrected chi connectivity index (χ3v) is 5.00. The molecule has 0 bridgehead atoms. The molecule has 1 saturated carbocycles. The quantitative estimate of drug-likeness (QED) is 0.664. The second-order valence-electron chi connectivity index (χ2n) is 5.81. The predicted molar refractivity (Wildman–Crippen MR) is 92.5 cm³/mol. The van der Waals surface area contributed by atoms with E-state index in [-0.39, 0.29) is 0 Å². The number of methoxy groups -OCH3 is 1. The third-order valence-electron chi connectivity index (χ3n) is 4.27. The van der Waals surface area contributed by atoms with Crippen LogP contribution in [0.15, 0.2) is 24.5 Å². The van der Waals surface area contributed by atoms with Crippen LogP contribution in [0, 0.1) is 6.92 Å². The normalized spacial score (nSPS) is 14.4. The van der Waals surface area contributed by atoms with Crippen molar-refractivity contribution >= 4 is 34.2 Å². The van der Waals surface area contributed by atoms with Crippen LogP contribution in [0.5, 0.6) is 5.75 Å². The summed E-state index contributed by atoms with van der Waals surface area (Å²) in [5.74, 6) is 1.65. The summed E-state index contributed by atoms with van der Waals surface area (Å²) < 4.78 is 7.64. The molecule has 0 radical (unpaired) electrons. The molecule has 2 heterocycles. The van der Waals surface area contributed by atoms with Crippen LogP contribution in [0.3, 0.4) is 0 Å². The Morgan fingerprint density at radius 2 is 1.91 bits per heavy atom. The highest BCUT2D eigenvalue weighted by Gasteiger charge is 2.30. The average molecular weight is 348 g/mol. The van der Waals surface area contributed by atoms with Gasteiger partial charge in [0.2, 0.25) is 0 Å². The van der Waals surface area contributed by atoms with Gasteiger partial charge in [0.15, 0.2) is 0 Å². The highest BCUT2D eigenvalue weighted by atomic mass is 35.5. The molecule has 0 N–H and O–H groups in total. The molecule has 118 valence electrons. The predicted octanol–water partition coefficient (Wildman–Crippen LogP) is 5.06. The lowest BCUT2D eigenvalue weighted by molar-refractivity contribution is 0.410. The topological polar surface area (TPSA) is 39.9 Å². The Kier molecular flexibility index (Phi) is 3.47. The summed E-state index contributed by atoms with van der Waals surface area (Å²) >= 11 is 12.4. The summed E-state index contributed by atoms with van der Waals surface area (Å²) in [5.41, 5.74) is 3.86. The molecule has 2 aromatic heterocycles. The van der Waals surface area contributed by atoms with E-state index >= 15 is 0 Å². The molecule has 0 amide bonds. The van der Waals surface area contributed by atoms with E-state index in [1.807, 2.05) is 25.3 Å². The Bertz CT molecular complexity index is 916. The number of halogens is 2. The molecule has 1 aromatic carbocycles. The fourth-order valence-electron chi connectivity index (χ4n) is 2.92. The molecule has 23 heavy (non-hydrogen) atoms. The molecule has 0 spiro atoms. The summed E-state index contributed by atoms with van der Waals surface area (Å²) in [6.07, 6.45) is 5.85. The maximum Gasteiger partial charge on any atom is 0.143 e. The van der Waals surface area contributed by atoms with Crippen molar-refractivity contribution in [2.24, 2.45) is 0 Å². The number of nitrogens with zero attached hydrogens (tertiary/aromatic N) is 3. The van der Waals surface area contributed by atoms with Crippen molar-refractivity contribution in [3.8, 4) is 17.1 Å². The van der Waals surface area contributed by atoms with E-state index in [1.165, 1.54) is 0 Å². The van der Waals surface area contributed by atoms with Gasteiger partial charge in [-0.15, -0.1) is 0 Å². The molecule has 1 aliphatic rings. The Morgan fingerprint density at radius 3 is 2.61 bits per heavy atom. The smallest absolute Gasteiger partial charge is 0.143 e. The Balaban J connectivity index is 2.02. The van der Waals surface area contributed by atoms with E-state index in [9.17, 15) is 0 Å². The van der Waals surface area contributed by atoms with E-state index in [0.29, 0.717) is 16.1 Å². The number of rotatable bonds is 3. The molecule has 0 unspecified atom stereocenters. The van der Waals surface area contributed by atoms with Gasteiger partial charge in [-0.3, -0.25) is 4.98 Å². The van der Waals surface area contributed by atoms with Crippen LogP contribution in [0.1, 0.15) is 24.4 Å². The highest BCUT2D eigenvalue weighted by Crippen LogP contribution is 2.43. The van der Waals surface area contributed by atoms with Gasteiger partial charge in [-0.05, 0) is 31.9 Å². The number of hydrogen-bond acceptors (Lipinski definition) is 3. The average Bonchev–Trinajstić information content (AvgIpc) is 3.31. The van der Waals surface area contributed by atoms with Gasteiger partial charge in [0.1, 0.15) is 11.6 Å². The fraction of sp³-hybridized carbons (Fsp3) is 0.294. The van der Waals surface area contributed by atoms with Gasteiger partial charge in [0.25, 0.3) is 0 Å². The second-order valence-corrected chi connectivity index (χ2v) is 6.62. The minimum absolute atomic E-state index is 0.456. The molecular weight excluding hydrogens is 333 g/mol. The maximum absolute atomic E-state index is 6.21. The van der Waals surface area contributed by atoms with Gasteiger partial charge in [0, 0.05) is 23.4 Å². The number of pyridine rings is 1. The van der Waals surface area contributed by atoms with E-state index < -0.39 is 0 Å². The molecule has 6 heteroatoms. The van der Waals surface area contributed by atoms with E-state index in [1.54, 1.807) is 13.3 Å². The molecule has 1 fully saturated rings. The zero-order chi connectivity index (χ0) is 16.1. The van der Waals surface area contributed by atoms with Crippen molar-refractivity contribution in [2.75, 3.05) is 7.11 Å². The summed E-state index contributed by atoms with van der Waals surface area (Å²) in [7, 11) is 1.65. The zero-order valence-electron chi connectivity index (χ0n) is 12.8. The Morgan fingerprint density at radius 1 is 1.17 bits per heavy atom. The van der Waals surface area contributed by atoms with E-state index in [0.717, 1.165) is 46.6 Å². The second kappa shape index (κ2) is 5.39. The standard InChI is InChI=1S/C17H15Cl2N3O/c1-9-11(7-20-8-16(9)23-2)17-21-14-5-12(18)13(19)6-15(14)22(17)10-3-4-10/h5-8,10H,3-4H2,1-2H3. The lowest BCUT2D eigenvalue weighted by Crippen LogP contribution is -2.00. The molecule has 1 aliphatic carbocycles. The lowest BCUT2D eigenvalue weighted by Gasteiger charge is -2.12. The lowest BCUT2D eigenvalue weighted by atomic mass is 10.1. The number of benzene rings is 1. The molecule has 3 aromatic rings. The van der Waals surface area contributed by atoms with E-state index in [4.69, 9.17) is 32.9 Å². The molecule has 4 rings (SSSR count). The fourth-order valence-corrected chi connectivity index (χ4v) is 3.24. The van der Waals surface area contributed by atoms with Crippen molar-refractivity contribution in [1.29, 1.82) is 0 Å². The molecule has 0 aliphatic heterocycles. The zero-order valence-corrected chi connectivity index (χ0v) is 14.3. The largest absolute Gasteiger partial charge is 0.495 e. The first-order chi connectivity index (χ1) is 11.1. The van der Waals surface area contributed by atoms with Crippen molar-refractivity contribution < 1.29 is 4.74 Å². The van der Waals surface area contributed by atoms with Crippen LogP contribution >= 0.6 is 23.2 Å². The van der Waals surface area contributed by atoms with Crippen LogP contribution in [0.25, 0.3) is 22.4 Å². The molecule has 4 nitrogen and oxygen atoms in total. The van der Waals surface area contributed by atoms with Gasteiger partial charge in [-0.25, -0.2) is 4.98 Å². The first kappa shape index (κ1) is 14.8. The minimum Gasteiger partial charge on any atom is -0.495 e. The Labute approximate surface area is 144 Å². The van der Waals surface area contributed by atoms with Crippen molar-refractivity contribution in [3.05, 3.63) is 40.1 Å². The van der Waals surface area contributed by atoms with Crippen molar-refractivity contribution in [3.63, 3.8) is 0 Å². The molecule has 0 atom stereocenters. The van der Waals surface area contributed by atoms with Crippen LogP contribution in [0.2, 0.25) is 10.0 Å². The molecule has 0 saturated heterocycles. The van der Waals surface area contributed by atoms with E-state index in [2.05, 4.69) is 9.55 Å². The third kappa shape index (κ3) is 2.37. The van der Waals surface area contributed by atoms with Crippen molar-refractivity contribution in [1.82, 2.24) is 14.5 Å². The van der Waals surface area contributed by atoms with Crippen LogP contribution in [-0.2, 0) is 0 Å². The minimum atomic E-state index is 0.456. The summed E-state index contributed by atoms with van der Waals surface area (Å²) in [5, 5.41) is 1.07. The molecular formula is C17H15Cl2N3O. The van der Waals surface area contributed by atoms with Gasteiger partial charge < -0.3 is 9.30 Å². The number of imidazole rings is 1. The first-order valence-corrected chi connectivity index (χ1v) is 8.21. The van der Waals surface area contributed by atoms with Gasteiger partial charge >= 0.3 is 0 Å². The Hall–Kier alpha value is -1.78. The summed E-state index contributed by atoms with van der Waals surface area (Å²) in [6, 6.07) is 4.18. The summed E-state index contributed by atoms with van der Waals surface area (Å²) in [6.45, 7) is 2.02.